The summed E-state index contributed by atoms with van der Waals surface area (Å²) >= 11 is 0. The van der Waals surface area contributed by atoms with Gasteiger partial charge in [-0.1, -0.05) is 12.1 Å². The van der Waals surface area contributed by atoms with E-state index in [0.717, 1.165) is 5.56 Å². The second-order valence-corrected chi connectivity index (χ2v) is 5.02. The molecule has 0 bridgehead atoms. The van der Waals surface area contributed by atoms with Crippen LogP contribution in [0.25, 0.3) is 0 Å². The zero-order chi connectivity index (χ0) is 16.3. The Labute approximate surface area is 127 Å². The van der Waals surface area contributed by atoms with Crippen molar-refractivity contribution < 1.29 is 14.8 Å². The van der Waals surface area contributed by atoms with Crippen molar-refractivity contribution >= 4 is 17.3 Å². The average molecular weight is 300 g/mol. The number of carbonyl (C=O) groups is 1. The molecule has 2 aromatic rings. The predicted molar refractivity (Wildman–Crippen MR) is 82.9 cm³/mol. The van der Waals surface area contributed by atoms with Crippen LogP contribution in [0.4, 0.5) is 11.4 Å². The van der Waals surface area contributed by atoms with Crippen LogP contribution in [-0.4, -0.2) is 15.9 Å². The fourth-order valence-electron chi connectivity index (χ4n) is 2.11. The number of nitro benzene ring substituents is 1. The normalized spacial score (nSPS) is 10.3. The number of benzene rings is 2. The number of aliphatic hydroxyl groups excluding tert-OH is 1. The van der Waals surface area contributed by atoms with E-state index >= 15 is 0 Å². The van der Waals surface area contributed by atoms with Gasteiger partial charge in [-0.3, -0.25) is 14.9 Å². The topological polar surface area (TPSA) is 92.5 Å². The number of aryl methyl sites for hydroxylation is 2. The van der Waals surface area contributed by atoms with Gasteiger partial charge in [0.2, 0.25) is 0 Å². The van der Waals surface area contributed by atoms with Gasteiger partial charge in [-0.2, -0.15) is 0 Å². The van der Waals surface area contributed by atoms with Crippen LogP contribution in [0.15, 0.2) is 36.4 Å². The molecule has 0 aromatic heterocycles. The molecule has 0 unspecified atom stereocenters. The third-order valence-corrected chi connectivity index (χ3v) is 3.40. The lowest BCUT2D eigenvalue weighted by Crippen LogP contribution is -2.14. The summed E-state index contributed by atoms with van der Waals surface area (Å²) in [4.78, 5) is 22.5. The molecule has 1 amide bonds. The molecule has 22 heavy (non-hydrogen) atoms. The predicted octanol–water partition coefficient (Wildman–Crippen LogP) is 2.96. The van der Waals surface area contributed by atoms with E-state index in [0.29, 0.717) is 22.4 Å². The van der Waals surface area contributed by atoms with Crippen LogP contribution in [0.2, 0.25) is 0 Å². The highest BCUT2D eigenvalue weighted by Crippen LogP contribution is 2.21. The minimum Gasteiger partial charge on any atom is -0.392 e. The maximum absolute atomic E-state index is 12.3. The number of nitrogens with zero attached hydrogens (tertiary/aromatic N) is 1. The lowest BCUT2D eigenvalue weighted by atomic mass is 10.1. The fourth-order valence-corrected chi connectivity index (χ4v) is 2.11. The van der Waals surface area contributed by atoms with E-state index in [2.05, 4.69) is 5.32 Å². The Morgan fingerprint density at radius 1 is 1.18 bits per heavy atom. The molecule has 114 valence electrons. The van der Waals surface area contributed by atoms with Crippen molar-refractivity contribution in [3.05, 3.63) is 68.8 Å². The standard InChI is InChI=1S/C16H16N2O4/c1-10-3-4-12(9-19)8-15(10)17-16(20)14-6-5-13(18(21)22)7-11(14)2/h3-8,19H,9H2,1-2H3,(H,17,20). The van der Waals surface area contributed by atoms with Crippen molar-refractivity contribution in [1.29, 1.82) is 0 Å². The number of carbonyl (C=O) groups excluding carboxylic acids is 1. The number of hydrogen-bond acceptors (Lipinski definition) is 4. The number of nitro groups is 1. The van der Waals surface area contributed by atoms with E-state index in [4.69, 9.17) is 5.11 Å². The van der Waals surface area contributed by atoms with Crippen molar-refractivity contribution in [2.45, 2.75) is 20.5 Å². The van der Waals surface area contributed by atoms with Gasteiger partial charge in [-0.15, -0.1) is 0 Å². The molecule has 6 nitrogen and oxygen atoms in total. The fraction of sp³-hybridized carbons (Fsp3) is 0.188. The average Bonchev–Trinajstić information content (AvgIpc) is 2.49. The van der Waals surface area contributed by atoms with Crippen LogP contribution in [0.3, 0.4) is 0 Å². The van der Waals surface area contributed by atoms with Gasteiger partial charge in [0, 0.05) is 23.4 Å². The molecule has 0 aliphatic heterocycles. The number of rotatable bonds is 4. The monoisotopic (exact) mass is 300 g/mol. The first-order chi connectivity index (χ1) is 10.4. The molecule has 0 fully saturated rings. The lowest BCUT2D eigenvalue weighted by Gasteiger charge is -2.11. The Hall–Kier alpha value is -2.73. The van der Waals surface area contributed by atoms with Crippen molar-refractivity contribution in [1.82, 2.24) is 0 Å². The molecule has 6 heteroatoms. The highest BCUT2D eigenvalue weighted by molar-refractivity contribution is 6.05. The molecular formula is C16H16N2O4. The molecule has 2 N–H and O–H groups in total. The Bertz CT molecular complexity index is 741. The summed E-state index contributed by atoms with van der Waals surface area (Å²) in [5.41, 5.74) is 3.02. The maximum Gasteiger partial charge on any atom is 0.269 e. The third-order valence-electron chi connectivity index (χ3n) is 3.40. The van der Waals surface area contributed by atoms with E-state index in [-0.39, 0.29) is 18.2 Å². The first kappa shape index (κ1) is 15.7. The van der Waals surface area contributed by atoms with Gasteiger partial charge in [-0.05, 0) is 42.7 Å². The summed E-state index contributed by atoms with van der Waals surface area (Å²) in [6.07, 6.45) is 0. The number of amides is 1. The highest BCUT2D eigenvalue weighted by atomic mass is 16.6. The highest BCUT2D eigenvalue weighted by Gasteiger charge is 2.14. The summed E-state index contributed by atoms with van der Waals surface area (Å²) in [5, 5.41) is 22.6. The summed E-state index contributed by atoms with van der Waals surface area (Å²) in [5.74, 6) is -0.342. The zero-order valence-electron chi connectivity index (χ0n) is 12.3. The minimum absolute atomic E-state index is 0.0486. The van der Waals surface area contributed by atoms with Crippen LogP contribution in [-0.2, 0) is 6.61 Å². The second kappa shape index (κ2) is 6.36. The molecule has 0 radical (unpaired) electrons. The van der Waals surface area contributed by atoms with E-state index in [9.17, 15) is 14.9 Å². The maximum atomic E-state index is 12.3. The van der Waals surface area contributed by atoms with Crippen LogP contribution >= 0.6 is 0 Å². The van der Waals surface area contributed by atoms with Gasteiger partial charge in [0.1, 0.15) is 0 Å². The van der Waals surface area contributed by atoms with E-state index in [1.54, 1.807) is 19.1 Å². The smallest absolute Gasteiger partial charge is 0.269 e. The van der Waals surface area contributed by atoms with Gasteiger partial charge < -0.3 is 10.4 Å². The lowest BCUT2D eigenvalue weighted by molar-refractivity contribution is -0.384. The van der Waals surface area contributed by atoms with Crippen LogP contribution < -0.4 is 5.32 Å². The zero-order valence-corrected chi connectivity index (χ0v) is 12.3. The Kier molecular flexibility index (Phi) is 4.53. The van der Waals surface area contributed by atoms with Crippen molar-refractivity contribution in [2.75, 3.05) is 5.32 Å². The Morgan fingerprint density at radius 3 is 2.50 bits per heavy atom. The Morgan fingerprint density at radius 2 is 1.91 bits per heavy atom. The van der Waals surface area contributed by atoms with E-state index < -0.39 is 4.92 Å². The number of anilines is 1. The molecule has 0 saturated carbocycles. The summed E-state index contributed by atoms with van der Waals surface area (Å²) in [6, 6.07) is 9.40. The number of non-ortho nitro benzene ring substituents is 1. The summed E-state index contributed by atoms with van der Waals surface area (Å²) in [7, 11) is 0. The first-order valence-corrected chi connectivity index (χ1v) is 6.69. The van der Waals surface area contributed by atoms with Gasteiger partial charge in [0.05, 0.1) is 11.5 Å². The second-order valence-electron chi connectivity index (χ2n) is 5.02. The molecule has 0 atom stereocenters. The molecule has 0 spiro atoms. The molecule has 0 aliphatic rings. The van der Waals surface area contributed by atoms with Crippen LogP contribution in [0.5, 0.6) is 0 Å². The molecular weight excluding hydrogens is 284 g/mol. The molecule has 2 rings (SSSR count). The van der Waals surface area contributed by atoms with Crippen molar-refractivity contribution in [2.24, 2.45) is 0 Å². The number of aliphatic hydroxyl groups is 1. The van der Waals surface area contributed by atoms with Crippen LogP contribution in [0, 0.1) is 24.0 Å². The molecule has 0 heterocycles. The van der Waals surface area contributed by atoms with Gasteiger partial charge in [-0.25, -0.2) is 0 Å². The van der Waals surface area contributed by atoms with Gasteiger partial charge >= 0.3 is 0 Å². The third kappa shape index (κ3) is 3.29. The summed E-state index contributed by atoms with van der Waals surface area (Å²) < 4.78 is 0. The van der Waals surface area contributed by atoms with Gasteiger partial charge in [0.25, 0.3) is 11.6 Å². The SMILES string of the molecule is Cc1ccc(CO)cc1NC(=O)c1ccc([N+](=O)[O-])cc1C. The van der Waals surface area contributed by atoms with Crippen LogP contribution in [0.1, 0.15) is 27.0 Å². The van der Waals surface area contributed by atoms with Crippen molar-refractivity contribution in [3.63, 3.8) is 0 Å². The first-order valence-electron chi connectivity index (χ1n) is 6.69. The largest absolute Gasteiger partial charge is 0.392 e. The van der Waals surface area contributed by atoms with Crippen molar-refractivity contribution in [3.8, 4) is 0 Å². The summed E-state index contributed by atoms with van der Waals surface area (Å²) in [6.45, 7) is 3.39. The van der Waals surface area contributed by atoms with E-state index in [1.165, 1.54) is 18.2 Å². The quantitative estimate of drug-likeness (QED) is 0.670. The molecule has 2 aromatic carbocycles. The minimum atomic E-state index is -0.496. The van der Waals surface area contributed by atoms with Gasteiger partial charge in [0.15, 0.2) is 0 Å². The Balaban J connectivity index is 2.28. The number of nitrogens with one attached hydrogen (secondary N) is 1. The number of hydrogen-bond donors (Lipinski definition) is 2. The van der Waals surface area contributed by atoms with E-state index in [1.807, 2.05) is 13.0 Å². The molecule has 0 aliphatic carbocycles. The molecule has 0 saturated heterocycles.